The van der Waals surface area contributed by atoms with Gasteiger partial charge < -0.3 is 14.6 Å². The fraction of sp³-hybridized carbons (Fsp3) is 0.333. The maximum absolute atomic E-state index is 13.2. The topological polar surface area (TPSA) is 105 Å². The summed E-state index contributed by atoms with van der Waals surface area (Å²) in [7, 11) is 0. The summed E-state index contributed by atoms with van der Waals surface area (Å²) in [5.41, 5.74) is 1.66. The van der Waals surface area contributed by atoms with Crippen LogP contribution in [0, 0.1) is 25.2 Å². The van der Waals surface area contributed by atoms with E-state index in [2.05, 4.69) is 16.5 Å². The van der Waals surface area contributed by atoms with Crippen molar-refractivity contribution < 1.29 is 18.8 Å². The van der Waals surface area contributed by atoms with Gasteiger partial charge >= 0.3 is 5.97 Å². The smallest absolute Gasteiger partial charge is 0.344 e. The molecular weight excluding hydrogens is 466 g/mol. The molecule has 0 saturated heterocycles. The van der Waals surface area contributed by atoms with Crippen molar-refractivity contribution in [2.75, 3.05) is 0 Å². The number of rotatable bonds is 8. The van der Waals surface area contributed by atoms with Crippen molar-refractivity contribution in [3.63, 3.8) is 0 Å². The quantitative estimate of drug-likeness (QED) is 0.428. The number of benzene rings is 2. The predicted octanol–water partition coefficient (Wildman–Crippen LogP) is 5.28. The average molecular weight is 494 g/mol. The Labute approximate surface area is 210 Å². The van der Waals surface area contributed by atoms with Gasteiger partial charge in [-0.1, -0.05) is 41.0 Å². The van der Waals surface area contributed by atoms with E-state index < -0.39 is 17.5 Å². The first kappa shape index (κ1) is 26.0. The molecule has 2 aromatic carbocycles. The highest BCUT2D eigenvalue weighted by atomic mass is 35.5. The van der Waals surface area contributed by atoms with Crippen molar-refractivity contribution in [1.82, 2.24) is 10.5 Å². The van der Waals surface area contributed by atoms with E-state index in [1.807, 2.05) is 49.4 Å². The molecule has 0 aliphatic rings. The van der Waals surface area contributed by atoms with Crippen LogP contribution in [0.25, 0.3) is 0 Å². The molecule has 0 aliphatic carbocycles. The summed E-state index contributed by atoms with van der Waals surface area (Å²) in [6.45, 7) is 8.22. The van der Waals surface area contributed by atoms with E-state index >= 15 is 0 Å². The van der Waals surface area contributed by atoms with Crippen LogP contribution in [0.5, 0.6) is 0 Å². The van der Waals surface area contributed by atoms with Crippen LogP contribution >= 0.6 is 11.6 Å². The Morgan fingerprint density at radius 3 is 2.49 bits per heavy atom. The molecule has 1 heterocycles. The molecular formula is C27H28ClN3O4. The third-order valence-corrected chi connectivity index (χ3v) is 6.16. The number of hydrogen-bond acceptors (Lipinski definition) is 6. The van der Waals surface area contributed by atoms with Crippen molar-refractivity contribution >= 4 is 23.5 Å². The molecule has 8 heteroatoms. The second kappa shape index (κ2) is 10.7. The maximum Gasteiger partial charge on any atom is 0.344 e. The largest absolute Gasteiger partial charge is 0.446 e. The van der Waals surface area contributed by atoms with Gasteiger partial charge in [-0.2, -0.15) is 5.26 Å². The van der Waals surface area contributed by atoms with Gasteiger partial charge in [-0.25, -0.2) is 4.79 Å². The molecule has 0 bridgehead atoms. The Morgan fingerprint density at radius 2 is 1.89 bits per heavy atom. The number of carbonyl (C=O) groups is 2. The number of aromatic nitrogens is 1. The molecule has 0 unspecified atom stereocenters. The van der Waals surface area contributed by atoms with Gasteiger partial charge in [0.15, 0.2) is 5.60 Å². The van der Waals surface area contributed by atoms with Crippen LogP contribution in [0.15, 0.2) is 53.1 Å². The molecule has 2 atom stereocenters. The Morgan fingerprint density at radius 1 is 1.20 bits per heavy atom. The Hall–Kier alpha value is -3.63. The third-order valence-electron chi connectivity index (χ3n) is 5.91. The molecule has 0 fully saturated rings. The molecule has 7 nitrogen and oxygen atoms in total. The number of ether oxygens (including phenoxy) is 1. The summed E-state index contributed by atoms with van der Waals surface area (Å²) in [5, 5.41) is 16.8. The first-order valence-corrected chi connectivity index (χ1v) is 11.6. The van der Waals surface area contributed by atoms with E-state index in [-0.39, 0.29) is 17.5 Å². The molecule has 0 radical (unpaired) electrons. The van der Waals surface area contributed by atoms with E-state index in [0.29, 0.717) is 28.5 Å². The number of hydrogen-bond donors (Lipinski definition) is 1. The van der Waals surface area contributed by atoms with Crippen molar-refractivity contribution in [2.45, 2.75) is 58.6 Å². The van der Waals surface area contributed by atoms with Crippen LogP contribution in [0.1, 0.15) is 65.2 Å². The number of nitrogens with zero attached hydrogens (tertiary/aromatic N) is 2. The van der Waals surface area contributed by atoms with E-state index in [1.165, 1.54) is 13.8 Å². The second-order valence-corrected chi connectivity index (χ2v) is 9.47. The molecule has 0 aliphatic heterocycles. The van der Waals surface area contributed by atoms with E-state index in [9.17, 15) is 14.9 Å². The van der Waals surface area contributed by atoms with Gasteiger partial charge in [-0.05, 0) is 76.4 Å². The number of aryl methyl sites for hydroxylation is 2. The summed E-state index contributed by atoms with van der Waals surface area (Å²) in [6.07, 6.45) is 0.604. The molecule has 0 saturated carbocycles. The van der Waals surface area contributed by atoms with Crippen molar-refractivity contribution in [1.29, 1.82) is 5.26 Å². The zero-order valence-corrected chi connectivity index (χ0v) is 21.1. The minimum Gasteiger partial charge on any atom is -0.446 e. The fourth-order valence-corrected chi connectivity index (χ4v) is 4.01. The second-order valence-electron chi connectivity index (χ2n) is 9.04. The van der Waals surface area contributed by atoms with Gasteiger partial charge in [0.2, 0.25) is 0 Å². The van der Waals surface area contributed by atoms with E-state index in [0.717, 1.165) is 11.1 Å². The van der Waals surface area contributed by atoms with Crippen LogP contribution in [-0.4, -0.2) is 28.7 Å². The average Bonchev–Trinajstić information content (AvgIpc) is 3.16. The molecule has 3 rings (SSSR count). The van der Waals surface area contributed by atoms with Gasteiger partial charge in [0.25, 0.3) is 5.91 Å². The summed E-state index contributed by atoms with van der Waals surface area (Å²) >= 11 is 6.04. The lowest BCUT2D eigenvalue weighted by Crippen LogP contribution is -2.50. The highest BCUT2D eigenvalue weighted by Gasteiger charge is 2.36. The molecule has 1 aromatic heterocycles. The SMILES string of the molecule is Cc1noc(C)c1C(=O)OC(C)(C)C(=O)N[C@@H](C)[C@@H](Cc1ccc(Cl)cc1)c1cccc(C#N)c1. The summed E-state index contributed by atoms with van der Waals surface area (Å²) in [6, 6.07) is 16.7. The lowest BCUT2D eigenvalue weighted by Gasteiger charge is -2.30. The Bertz CT molecular complexity index is 1240. The van der Waals surface area contributed by atoms with Crippen LogP contribution in [-0.2, 0) is 16.0 Å². The number of carbonyl (C=O) groups excluding carboxylic acids is 2. The van der Waals surface area contributed by atoms with Crippen molar-refractivity contribution in [3.8, 4) is 6.07 Å². The number of nitrogens with one attached hydrogen (secondary N) is 1. The van der Waals surface area contributed by atoms with Gasteiger partial charge in [0.05, 0.1) is 17.3 Å². The third kappa shape index (κ3) is 6.28. The van der Waals surface area contributed by atoms with Crippen LogP contribution < -0.4 is 5.32 Å². The lowest BCUT2D eigenvalue weighted by atomic mass is 9.85. The fourth-order valence-electron chi connectivity index (χ4n) is 3.88. The molecule has 1 amide bonds. The molecule has 35 heavy (non-hydrogen) atoms. The van der Waals surface area contributed by atoms with Crippen LogP contribution in [0.2, 0.25) is 5.02 Å². The molecule has 182 valence electrons. The Kier molecular flexibility index (Phi) is 7.98. The summed E-state index contributed by atoms with van der Waals surface area (Å²) in [5.74, 6) is -0.934. The van der Waals surface area contributed by atoms with Crippen LogP contribution in [0.3, 0.4) is 0 Å². The van der Waals surface area contributed by atoms with Gasteiger partial charge in [0.1, 0.15) is 11.3 Å². The minimum atomic E-state index is -1.44. The number of amides is 1. The van der Waals surface area contributed by atoms with Crippen LogP contribution in [0.4, 0.5) is 0 Å². The maximum atomic E-state index is 13.2. The van der Waals surface area contributed by atoms with Crippen molar-refractivity contribution in [3.05, 3.63) is 87.3 Å². The molecule has 1 N–H and O–H groups in total. The zero-order valence-electron chi connectivity index (χ0n) is 20.4. The highest BCUT2D eigenvalue weighted by molar-refractivity contribution is 6.30. The summed E-state index contributed by atoms with van der Waals surface area (Å²) < 4.78 is 10.6. The standard InChI is InChI=1S/C27H28ClN3O4/c1-16(30-26(33)27(4,5)34-25(32)24-17(2)31-35-18(24)3)23(14-19-9-11-22(28)12-10-19)21-8-6-7-20(13-21)15-29/h6-13,16,23H,14H2,1-5H3,(H,30,33)/t16-,23+/m0/s1. The first-order chi connectivity index (χ1) is 16.5. The lowest BCUT2D eigenvalue weighted by molar-refractivity contribution is -0.138. The number of nitriles is 1. The Balaban J connectivity index is 1.81. The minimum absolute atomic E-state index is 0.150. The predicted molar refractivity (Wildman–Crippen MR) is 132 cm³/mol. The zero-order chi connectivity index (χ0) is 25.8. The first-order valence-electron chi connectivity index (χ1n) is 11.2. The van der Waals surface area contributed by atoms with Gasteiger partial charge in [-0.15, -0.1) is 0 Å². The number of esters is 1. The summed E-state index contributed by atoms with van der Waals surface area (Å²) in [4.78, 5) is 25.9. The highest BCUT2D eigenvalue weighted by Crippen LogP contribution is 2.27. The number of halogens is 1. The monoisotopic (exact) mass is 493 g/mol. The molecule has 0 spiro atoms. The van der Waals surface area contributed by atoms with Crippen molar-refractivity contribution in [2.24, 2.45) is 0 Å². The van der Waals surface area contributed by atoms with E-state index in [1.54, 1.807) is 19.9 Å². The van der Waals surface area contributed by atoms with Gasteiger partial charge in [-0.3, -0.25) is 4.79 Å². The normalized spacial score (nSPS) is 12.9. The van der Waals surface area contributed by atoms with Gasteiger partial charge in [0, 0.05) is 17.0 Å². The van der Waals surface area contributed by atoms with E-state index in [4.69, 9.17) is 20.9 Å². The molecule has 3 aromatic rings.